The van der Waals surface area contributed by atoms with Crippen molar-refractivity contribution in [2.75, 3.05) is 5.32 Å². The van der Waals surface area contributed by atoms with E-state index in [9.17, 15) is 4.79 Å². The molecule has 0 unspecified atom stereocenters. The van der Waals surface area contributed by atoms with Crippen molar-refractivity contribution in [2.24, 2.45) is 0 Å². The summed E-state index contributed by atoms with van der Waals surface area (Å²) in [6.07, 6.45) is 0. The zero-order valence-electron chi connectivity index (χ0n) is 10.8. The fraction of sp³-hybridized carbons (Fsp3) is 0.0625. The lowest BCUT2D eigenvalue weighted by Crippen LogP contribution is -2.12. The molecule has 0 aliphatic carbocycles. The molecule has 0 saturated heterocycles. The lowest BCUT2D eigenvalue weighted by Gasteiger charge is -2.04. The number of amides is 1. The summed E-state index contributed by atoms with van der Waals surface area (Å²) >= 11 is 2.21. The number of anilines is 1. The third kappa shape index (κ3) is 2.43. The quantitative estimate of drug-likeness (QED) is 0.664. The highest BCUT2D eigenvalue weighted by Crippen LogP contribution is 2.25. The fourth-order valence-corrected chi connectivity index (χ4v) is 2.69. The molecule has 2 aromatic carbocycles. The van der Waals surface area contributed by atoms with Gasteiger partial charge in [-0.2, -0.15) is 0 Å². The van der Waals surface area contributed by atoms with E-state index in [1.54, 1.807) is 0 Å². The number of aryl methyl sites for hydroxylation is 1. The summed E-state index contributed by atoms with van der Waals surface area (Å²) in [5.41, 5.74) is 2.36. The Hall–Kier alpha value is -1.82. The summed E-state index contributed by atoms with van der Waals surface area (Å²) < 4.78 is 6.72. The van der Waals surface area contributed by atoms with Crippen molar-refractivity contribution in [1.29, 1.82) is 0 Å². The number of hydrogen-bond donors (Lipinski definition) is 1. The van der Waals surface area contributed by atoms with E-state index in [-0.39, 0.29) is 5.91 Å². The molecule has 1 amide bonds. The van der Waals surface area contributed by atoms with Crippen LogP contribution in [0.15, 0.2) is 52.9 Å². The van der Waals surface area contributed by atoms with E-state index in [4.69, 9.17) is 4.42 Å². The highest BCUT2D eigenvalue weighted by molar-refractivity contribution is 14.1. The number of benzene rings is 2. The van der Waals surface area contributed by atoms with E-state index in [0.29, 0.717) is 5.76 Å². The van der Waals surface area contributed by atoms with Crippen LogP contribution in [0.25, 0.3) is 11.0 Å². The smallest absolute Gasteiger partial charge is 0.291 e. The second kappa shape index (κ2) is 5.28. The number of halogens is 1. The van der Waals surface area contributed by atoms with Crippen LogP contribution < -0.4 is 5.32 Å². The Morgan fingerprint density at radius 3 is 2.70 bits per heavy atom. The lowest BCUT2D eigenvalue weighted by molar-refractivity contribution is 0.0998. The Kier molecular flexibility index (Phi) is 3.48. The van der Waals surface area contributed by atoms with Crippen molar-refractivity contribution in [3.63, 3.8) is 0 Å². The maximum Gasteiger partial charge on any atom is 0.291 e. The van der Waals surface area contributed by atoms with Crippen LogP contribution in [0, 0.1) is 10.5 Å². The van der Waals surface area contributed by atoms with Crippen LogP contribution >= 0.6 is 22.6 Å². The van der Waals surface area contributed by atoms with Gasteiger partial charge in [0.1, 0.15) is 5.58 Å². The Balaban J connectivity index is 1.95. The first kappa shape index (κ1) is 13.2. The molecule has 0 bridgehead atoms. The molecule has 0 radical (unpaired) electrons. The molecule has 3 rings (SSSR count). The van der Waals surface area contributed by atoms with Gasteiger partial charge in [-0.05, 0) is 53.8 Å². The van der Waals surface area contributed by atoms with Crippen LogP contribution in [-0.4, -0.2) is 5.91 Å². The fourth-order valence-electron chi connectivity index (χ4n) is 2.15. The summed E-state index contributed by atoms with van der Waals surface area (Å²) in [6.45, 7) is 1.90. The van der Waals surface area contributed by atoms with Crippen molar-refractivity contribution < 1.29 is 9.21 Å². The van der Waals surface area contributed by atoms with Gasteiger partial charge in [-0.15, -0.1) is 0 Å². The molecule has 3 aromatic rings. The minimum Gasteiger partial charge on any atom is -0.451 e. The molecular weight excluding hydrogens is 365 g/mol. The molecular formula is C16H12INO2. The van der Waals surface area contributed by atoms with E-state index in [1.165, 1.54) is 0 Å². The van der Waals surface area contributed by atoms with E-state index in [1.807, 2.05) is 55.5 Å². The van der Waals surface area contributed by atoms with Gasteiger partial charge >= 0.3 is 0 Å². The number of nitrogens with one attached hydrogen (secondary N) is 1. The Morgan fingerprint density at radius 2 is 1.95 bits per heavy atom. The molecule has 0 aliphatic heterocycles. The lowest BCUT2D eigenvalue weighted by atomic mass is 10.1. The predicted octanol–water partition coefficient (Wildman–Crippen LogP) is 4.60. The van der Waals surface area contributed by atoms with Crippen LogP contribution in [0.2, 0.25) is 0 Å². The van der Waals surface area contributed by atoms with E-state index in [2.05, 4.69) is 27.9 Å². The standard InChI is InChI=1S/C16H12INO2/c1-10-13-7-2-3-8-14(13)20-15(10)16(19)18-12-6-4-5-11(17)9-12/h2-9H,1H3,(H,18,19). The van der Waals surface area contributed by atoms with Crippen molar-refractivity contribution >= 4 is 45.2 Å². The molecule has 1 N–H and O–H groups in total. The molecule has 20 heavy (non-hydrogen) atoms. The molecule has 0 aliphatic rings. The number of para-hydroxylation sites is 1. The van der Waals surface area contributed by atoms with Crippen LogP contribution in [0.1, 0.15) is 16.1 Å². The summed E-state index contributed by atoms with van der Waals surface area (Å²) in [7, 11) is 0. The monoisotopic (exact) mass is 377 g/mol. The highest BCUT2D eigenvalue weighted by atomic mass is 127. The zero-order valence-corrected chi connectivity index (χ0v) is 13.0. The molecule has 1 heterocycles. The average molecular weight is 377 g/mol. The van der Waals surface area contributed by atoms with Crippen molar-refractivity contribution in [1.82, 2.24) is 0 Å². The molecule has 4 heteroatoms. The minimum absolute atomic E-state index is 0.222. The Labute approximate surface area is 130 Å². The Bertz CT molecular complexity index is 792. The topological polar surface area (TPSA) is 42.2 Å². The minimum atomic E-state index is -0.222. The third-order valence-electron chi connectivity index (χ3n) is 3.13. The van der Waals surface area contributed by atoms with Crippen LogP contribution in [0.5, 0.6) is 0 Å². The van der Waals surface area contributed by atoms with Gasteiger partial charge in [0.05, 0.1) is 0 Å². The molecule has 1 aromatic heterocycles. The number of carbonyl (C=O) groups excluding carboxylic acids is 1. The van der Waals surface area contributed by atoms with Gasteiger partial charge in [0.2, 0.25) is 0 Å². The van der Waals surface area contributed by atoms with E-state index >= 15 is 0 Å². The van der Waals surface area contributed by atoms with Gasteiger partial charge in [-0.3, -0.25) is 4.79 Å². The Morgan fingerprint density at radius 1 is 1.15 bits per heavy atom. The van der Waals surface area contributed by atoms with Gasteiger partial charge in [0.15, 0.2) is 5.76 Å². The number of fused-ring (bicyclic) bond motifs is 1. The second-order valence-electron chi connectivity index (χ2n) is 4.52. The molecule has 0 saturated carbocycles. The first-order valence-corrected chi connectivity index (χ1v) is 7.28. The molecule has 100 valence electrons. The summed E-state index contributed by atoms with van der Waals surface area (Å²) in [5, 5.41) is 3.84. The molecule has 0 atom stereocenters. The van der Waals surface area contributed by atoms with Gasteiger partial charge in [0.25, 0.3) is 5.91 Å². The largest absolute Gasteiger partial charge is 0.451 e. The maximum atomic E-state index is 12.3. The second-order valence-corrected chi connectivity index (χ2v) is 5.76. The number of hydrogen-bond acceptors (Lipinski definition) is 2. The SMILES string of the molecule is Cc1c(C(=O)Nc2cccc(I)c2)oc2ccccc12. The normalized spacial score (nSPS) is 10.7. The average Bonchev–Trinajstić information content (AvgIpc) is 2.77. The maximum absolute atomic E-state index is 12.3. The van der Waals surface area contributed by atoms with Crippen LogP contribution in [0.3, 0.4) is 0 Å². The summed E-state index contributed by atoms with van der Waals surface area (Å²) in [5.74, 6) is 0.144. The van der Waals surface area contributed by atoms with E-state index in [0.717, 1.165) is 25.8 Å². The van der Waals surface area contributed by atoms with Gasteiger partial charge in [0, 0.05) is 20.2 Å². The van der Waals surface area contributed by atoms with Crippen molar-refractivity contribution in [2.45, 2.75) is 6.92 Å². The first-order valence-electron chi connectivity index (χ1n) is 6.20. The van der Waals surface area contributed by atoms with Crippen LogP contribution in [0.4, 0.5) is 5.69 Å². The predicted molar refractivity (Wildman–Crippen MR) is 88.1 cm³/mol. The molecule has 0 spiro atoms. The highest BCUT2D eigenvalue weighted by Gasteiger charge is 2.17. The summed E-state index contributed by atoms with van der Waals surface area (Å²) in [4.78, 5) is 12.3. The van der Waals surface area contributed by atoms with Crippen LogP contribution in [-0.2, 0) is 0 Å². The van der Waals surface area contributed by atoms with Crippen molar-refractivity contribution in [3.05, 3.63) is 63.4 Å². The third-order valence-corrected chi connectivity index (χ3v) is 3.80. The van der Waals surface area contributed by atoms with Gasteiger partial charge < -0.3 is 9.73 Å². The van der Waals surface area contributed by atoms with Gasteiger partial charge in [-0.25, -0.2) is 0 Å². The molecule has 3 nitrogen and oxygen atoms in total. The first-order chi connectivity index (χ1) is 9.65. The number of carbonyl (C=O) groups is 1. The zero-order chi connectivity index (χ0) is 14.1. The molecule has 0 fully saturated rings. The number of rotatable bonds is 2. The summed E-state index contributed by atoms with van der Waals surface area (Å²) in [6, 6.07) is 15.3. The van der Waals surface area contributed by atoms with Crippen molar-refractivity contribution in [3.8, 4) is 0 Å². The van der Waals surface area contributed by atoms with E-state index < -0.39 is 0 Å². The van der Waals surface area contributed by atoms with Gasteiger partial charge in [-0.1, -0.05) is 24.3 Å². The number of furan rings is 1.